The molecule has 6 heteroatoms. The van der Waals surface area contributed by atoms with Gasteiger partial charge < -0.3 is 10.2 Å². The number of anilines is 1. The van der Waals surface area contributed by atoms with Crippen LogP contribution in [0.1, 0.15) is 26.2 Å². The van der Waals surface area contributed by atoms with Crippen molar-refractivity contribution in [1.82, 2.24) is 15.1 Å². The SMILES string of the molecule is CCCN(c1cnn(CC2CC2)c(=O)c1Br)C1CNC1. The molecule has 1 aromatic heterocycles. The van der Waals surface area contributed by atoms with Gasteiger partial charge in [-0.05, 0) is 41.1 Å². The molecule has 0 aromatic carbocycles. The molecule has 2 fully saturated rings. The molecule has 5 nitrogen and oxygen atoms in total. The van der Waals surface area contributed by atoms with Crippen LogP contribution in [0.2, 0.25) is 0 Å². The van der Waals surface area contributed by atoms with Gasteiger partial charge in [-0.3, -0.25) is 4.79 Å². The van der Waals surface area contributed by atoms with Gasteiger partial charge in [0.2, 0.25) is 0 Å². The number of aromatic nitrogens is 2. The Labute approximate surface area is 127 Å². The third-order valence-corrected chi connectivity index (χ3v) is 4.81. The van der Waals surface area contributed by atoms with E-state index in [2.05, 4.69) is 38.2 Å². The Kier molecular flexibility index (Phi) is 4.12. The minimum Gasteiger partial charge on any atom is -0.364 e. The highest BCUT2D eigenvalue weighted by atomic mass is 79.9. The van der Waals surface area contributed by atoms with Crippen molar-refractivity contribution in [2.75, 3.05) is 24.5 Å². The van der Waals surface area contributed by atoms with Gasteiger partial charge in [0.05, 0.1) is 17.9 Å². The summed E-state index contributed by atoms with van der Waals surface area (Å²) < 4.78 is 2.27. The second kappa shape index (κ2) is 5.85. The number of hydrogen-bond acceptors (Lipinski definition) is 4. The number of hydrogen-bond donors (Lipinski definition) is 1. The van der Waals surface area contributed by atoms with Crippen LogP contribution in [0.4, 0.5) is 5.69 Å². The van der Waals surface area contributed by atoms with E-state index in [1.165, 1.54) is 12.8 Å². The Bertz CT molecular complexity index is 536. The van der Waals surface area contributed by atoms with Crippen molar-refractivity contribution < 1.29 is 0 Å². The van der Waals surface area contributed by atoms with Crippen LogP contribution in [0.5, 0.6) is 0 Å². The summed E-state index contributed by atoms with van der Waals surface area (Å²) in [6, 6.07) is 0.478. The maximum atomic E-state index is 12.4. The maximum Gasteiger partial charge on any atom is 0.283 e. The van der Waals surface area contributed by atoms with Crippen LogP contribution in [0.3, 0.4) is 0 Å². The van der Waals surface area contributed by atoms with Crippen LogP contribution >= 0.6 is 15.9 Å². The van der Waals surface area contributed by atoms with Crippen molar-refractivity contribution in [3.63, 3.8) is 0 Å². The Balaban J connectivity index is 1.87. The molecule has 1 aromatic rings. The van der Waals surface area contributed by atoms with E-state index < -0.39 is 0 Å². The highest BCUT2D eigenvalue weighted by molar-refractivity contribution is 9.10. The van der Waals surface area contributed by atoms with Crippen LogP contribution < -0.4 is 15.8 Å². The molecule has 3 rings (SSSR count). The fourth-order valence-electron chi connectivity index (χ4n) is 2.57. The normalized spacial score (nSPS) is 18.9. The summed E-state index contributed by atoms with van der Waals surface area (Å²) in [4.78, 5) is 14.7. The van der Waals surface area contributed by atoms with E-state index in [4.69, 9.17) is 0 Å². The number of halogens is 1. The lowest BCUT2D eigenvalue weighted by molar-refractivity contribution is 0.410. The van der Waals surface area contributed by atoms with Crippen LogP contribution in [0.15, 0.2) is 15.5 Å². The maximum absolute atomic E-state index is 12.4. The van der Waals surface area contributed by atoms with Gasteiger partial charge in [-0.25, -0.2) is 4.68 Å². The van der Waals surface area contributed by atoms with E-state index in [9.17, 15) is 4.79 Å². The van der Waals surface area contributed by atoms with Gasteiger partial charge in [-0.2, -0.15) is 5.10 Å². The predicted molar refractivity (Wildman–Crippen MR) is 83.2 cm³/mol. The van der Waals surface area contributed by atoms with Crippen LogP contribution in [-0.4, -0.2) is 35.5 Å². The molecule has 2 aliphatic rings. The highest BCUT2D eigenvalue weighted by Gasteiger charge is 2.28. The lowest BCUT2D eigenvalue weighted by atomic mass is 10.1. The third kappa shape index (κ3) is 2.76. The molecule has 110 valence electrons. The zero-order chi connectivity index (χ0) is 14.1. The first-order valence-corrected chi connectivity index (χ1v) is 8.23. The molecule has 1 saturated heterocycles. The van der Waals surface area contributed by atoms with E-state index >= 15 is 0 Å². The summed E-state index contributed by atoms with van der Waals surface area (Å²) in [6.45, 7) is 5.85. The molecular weight excluding hydrogens is 320 g/mol. The fourth-order valence-corrected chi connectivity index (χ4v) is 3.10. The Morgan fingerprint density at radius 1 is 1.50 bits per heavy atom. The predicted octanol–water partition coefficient (Wildman–Crippen LogP) is 1.60. The minimum absolute atomic E-state index is 0.00258. The summed E-state index contributed by atoms with van der Waals surface area (Å²) in [5.74, 6) is 0.653. The number of rotatable bonds is 6. The summed E-state index contributed by atoms with van der Waals surface area (Å²) in [7, 11) is 0. The first kappa shape index (κ1) is 14.1. The summed E-state index contributed by atoms with van der Waals surface area (Å²) in [6.07, 6.45) is 5.36. The van der Waals surface area contributed by atoms with Gasteiger partial charge in [0.1, 0.15) is 4.47 Å². The van der Waals surface area contributed by atoms with Crippen molar-refractivity contribution in [1.29, 1.82) is 0 Å². The molecule has 1 aliphatic carbocycles. The molecule has 1 N–H and O–H groups in total. The zero-order valence-electron chi connectivity index (χ0n) is 11.8. The van der Waals surface area contributed by atoms with Crippen LogP contribution in [0.25, 0.3) is 0 Å². The van der Waals surface area contributed by atoms with Crippen molar-refractivity contribution >= 4 is 21.6 Å². The van der Waals surface area contributed by atoms with Gasteiger partial charge in [0.15, 0.2) is 0 Å². The molecule has 0 atom stereocenters. The topological polar surface area (TPSA) is 50.2 Å². The van der Waals surface area contributed by atoms with Gasteiger partial charge in [0.25, 0.3) is 5.56 Å². The minimum atomic E-state index is 0.00258. The first-order valence-electron chi connectivity index (χ1n) is 7.43. The molecule has 0 unspecified atom stereocenters. The molecular formula is C14H21BrN4O. The molecule has 20 heavy (non-hydrogen) atoms. The van der Waals surface area contributed by atoms with Gasteiger partial charge in [-0.1, -0.05) is 6.92 Å². The fraction of sp³-hybridized carbons (Fsp3) is 0.714. The molecule has 1 aliphatic heterocycles. The van der Waals surface area contributed by atoms with E-state index in [0.717, 1.165) is 38.3 Å². The summed E-state index contributed by atoms with van der Waals surface area (Å²) >= 11 is 3.50. The first-order chi connectivity index (χ1) is 9.70. The van der Waals surface area contributed by atoms with Gasteiger partial charge >= 0.3 is 0 Å². The van der Waals surface area contributed by atoms with E-state index in [1.54, 1.807) is 4.68 Å². The molecule has 0 spiro atoms. The molecule has 2 heterocycles. The summed E-state index contributed by atoms with van der Waals surface area (Å²) in [5.41, 5.74) is 0.943. The second-order valence-corrected chi connectivity index (χ2v) is 6.57. The molecule has 0 bridgehead atoms. The monoisotopic (exact) mass is 340 g/mol. The second-order valence-electron chi connectivity index (χ2n) is 5.78. The molecule has 1 saturated carbocycles. The standard InChI is InChI=1S/C14H21BrN4O/c1-2-5-18(11-6-16-7-11)12-8-17-19(9-10-3-4-10)14(20)13(12)15/h8,10-11,16H,2-7,9H2,1H3. The van der Waals surface area contributed by atoms with Crippen LogP contribution in [0, 0.1) is 5.92 Å². The van der Waals surface area contributed by atoms with Crippen LogP contribution in [-0.2, 0) is 6.54 Å². The van der Waals surface area contributed by atoms with Crippen molar-refractivity contribution in [3.8, 4) is 0 Å². The van der Waals surface area contributed by atoms with Crippen molar-refractivity contribution in [2.24, 2.45) is 5.92 Å². The average molecular weight is 341 g/mol. The zero-order valence-corrected chi connectivity index (χ0v) is 13.4. The quantitative estimate of drug-likeness (QED) is 0.854. The highest BCUT2D eigenvalue weighted by Crippen LogP contribution is 2.30. The van der Waals surface area contributed by atoms with E-state index in [1.807, 2.05) is 6.20 Å². The Hall–Kier alpha value is -0.880. The lowest BCUT2D eigenvalue weighted by Gasteiger charge is -2.40. The lowest BCUT2D eigenvalue weighted by Crippen LogP contribution is -2.58. The number of nitrogens with zero attached hydrogens (tertiary/aromatic N) is 3. The van der Waals surface area contributed by atoms with Crippen molar-refractivity contribution in [2.45, 2.75) is 38.8 Å². The van der Waals surface area contributed by atoms with E-state index in [-0.39, 0.29) is 5.56 Å². The molecule has 0 amide bonds. The smallest absolute Gasteiger partial charge is 0.283 e. The van der Waals surface area contributed by atoms with Gasteiger partial charge in [0, 0.05) is 26.2 Å². The third-order valence-electron chi connectivity index (χ3n) is 4.07. The number of nitrogens with one attached hydrogen (secondary N) is 1. The molecule has 0 radical (unpaired) electrons. The Morgan fingerprint density at radius 3 is 2.80 bits per heavy atom. The Morgan fingerprint density at radius 2 is 2.25 bits per heavy atom. The summed E-state index contributed by atoms with van der Waals surface area (Å²) in [5, 5.41) is 7.66. The average Bonchev–Trinajstić information content (AvgIpc) is 3.17. The van der Waals surface area contributed by atoms with E-state index in [0.29, 0.717) is 16.4 Å². The van der Waals surface area contributed by atoms with Crippen molar-refractivity contribution in [3.05, 3.63) is 21.0 Å². The largest absolute Gasteiger partial charge is 0.364 e. The van der Waals surface area contributed by atoms with Gasteiger partial charge in [-0.15, -0.1) is 0 Å².